The van der Waals surface area contributed by atoms with E-state index in [1.54, 1.807) is 0 Å². The van der Waals surface area contributed by atoms with Crippen LogP contribution in [0.5, 0.6) is 0 Å². The maximum absolute atomic E-state index is 10.6. The van der Waals surface area contributed by atoms with E-state index < -0.39 is 18.2 Å². The van der Waals surface area contributed by atoms with Gasteiger partial charge in [0.25, 0.3) is 0 Å². The molecule has 6 heteroatoms. The number of ether oxygens (including phenoxy) is 2. The highest BCUT2D eigenvalue weighted by atomic mass is 32.1. The Balaban J connectivity index is 3.77. The van der Waals surface area contributed by atoms with Crippen LogP contribution < -0.4 is 5.73 Å². The molecule has 0 saturated carbocycles. The largest absolute Gasteiger partial charge is 0.515 e. The van der Waals surface area contributed by atoms with Crippen LogP contribution in [0.2, 0.25) is 0 Å². The molecule has 0 fully saturated rings. The van der Waals surface area contributed by atoms with Gasteiger partial charge in [-0.3, -0.25) is 0 Å². The Bertz CT molecular complexity index is 161. The van der Waals surface area contributed by atoms with Gasteiger partial charge in [0.05, 0.1) is 7.11 Å². The van der Waals surface area contributed by atoms with Crippen molar-refractivity contribution >= 4 is 24.8 Å². The average molecular weight is 179 g/mol. The highest BCUT2D eigenvalue weighted by Gasteiger charge is 2.17. The summed E-state index contributed by atoms with van der Waals surface area (Å²) >= 11 is 3.73. The Morgan fingerprint density at radius 1 is 1.64 bits per heavy atom. The lowest BCUT2D eigenvalue weighted by atomic mass is 10.4. The van der Waals surface area contributed by atoms with Crippen molar-refractivity contribution in [3.05, 3.63) is 0 Å². The number of rotatable bonds is 2. The zero-order valence-electron chi connectivity index (χ0n) is 5.94. The molecular weight excluding hydrogens is 170 g/mol. The number of nitrogens with two attached hydrogens (primary N) is 1. The normalized spacial score (nSPS) is 11.9. The van der Waals surface area contributed by atoms with Gasteiger partial charge < -0.3 is 15.2 Å². The van der Waals surface area contributed by atoms with Crippen LogP contribution in [0.1, 0.15) is 0 Å². The molecule has 0 aromatic heterocycles. The van der Waals surface area contributed by atoms with Crippen molar-refractivity contribution in [1.82, 2.24) is 0 Å². The van der Waals surface area contributed by atoms with E-state index in [0.29, 0.717) is 0 Å². The molecule has 2 N–H and O–H groups in total. The molecule has 0 aliphatic heterocycles. The number of hydrogen-bond donors (Lipinski definition) is 2. The molecule has 0 heterocycles. The number of carbonyl (C=O) groups excluding carboxylic acids is 2. The molecule has 0 aliphatic carbocycles. The molecule has 0 amide bonds. The van der Waals surface area contributed by atoms with Gasteiger partial charge in [0, 0.05) is 5.75 Å². The summed E-state index contributed by atoms with van der Waals surface area (Å²) in [5, 5.41) is 0. The van der Waals surface area contributed by atoms with E-state index in [0.717, 1.165) is 7.11 Å². The molecule has 0 rings (SSSR count). The standard InChI is InChI=1S/C5H9NO4S/c1-9-5(8)10-4(7)3(6)2-11/h3,11H,2,6H2,1H3/t3-/m0/s1. The zero-order valence-corrected chi connectivity index (χ0v) is 6.84. The number of methoxy groups -OCH3 is 1. The minimum absolute atomic E-state index is 0.121. The van der Waals surface area contributed by atoms with Gasteiger partial charge in [0.1, 0.15) is 6.04 Å². The molecule has 0 aromatic rings. The Labute approximate surface area is 69.2 Å². The fourth-order valence-electron chi connectivity index (χ4n) is 0.274. The number of esters is 1. The van der Waals surface area contributed by atoms with Gasteiger partial charge in [-0.1, -0.05) is 0 Å². The second-order valence-corrected chi connectivity index (χ2v) is 2.03. The third kappa shape index (κ3) is 3.84. The maximum Gasteiger partial charge on any atom is 0.515 e. The molecule has 11 heavy (non-hydrogen) atoms. The molecule has 0 aromatic carbocycles. The van der Waals surface area contributed by atoms with Gasteiger partial charge in [0.15, 0.2) is 0 Å². The summed E-state index contributed by atoms with van der Waals surface area (Å²) in [6, 6.07) is -0.891. The molecule has 1 atom stereocenters. The van der Waals surface area contributed by atoms with Gasteiger partial charge in [-0.05, 0) is 0 Å². The SMILES string of the molecule is COC(=O)OC(=O)[C@@H](N)CS. The van der Waals surface area contributed by atoms with Gasteiger partial charge in [-0.2, -0.15) is 12.6 Å². The molecule has 0 radical (unpaired) electrons. The second kappa shape index (κ2) is 4.97. The molecule has 5 nitrogen and oxygen atoms in total. The molecular formula is C5H9NO4S. The third-order valence-corrected chi connectivity index (χ3v) is 1.24. The average Bonchev–Trinajstić information content (AvgIpc) is 2.02. The minimum Gasteiger partial charge on any atom is -0.437 e. The summed E-state index contributed by atoms with van der Waals surface area (Å²) in [7, 11) is 1.10. The van der Waals surface area contributed by atoms with Crippen LogP contribution in [0.15, 0.2) is 0 Å². The predicted octanol–water partition coefficient (Wildman–Crippen LogP) is -0.447. The summed E-state index contributed by atoms with van der Waals surface area (Å²) in [5.74, 6) is -0.720. The first kappa shape index (κ1) is 10.2. The molecule has 0 saturated heterocycles. The quantitative estimate of drug-likeness (QED) is 0.341. The van der Waals surface area contributed by atoms with Crippen LogP contribution in [-0.4, -0.2) is 31.0 Å². The van der Waals surface area contributed by atoms with E-state index in [1.165, 1.54) is 0 Å². The van der Waals surface area contributed by atoms with Gasteiger partial charge >= 0.3 is 12.1 Å². The predicted molar refractivity (Wildman–Crippen MR) is 40.3 cm³/mol. The smallest absolute Gasteiger partial charge is 0.437 e. The Hall–Kier alpha value is -0.750. The first-order chi connectivity index (χ1) is 5.11. The lowest BCUT2D eigenvalue weighted by Gasteiger charge is -2.05. The number of thiol groups is 1. The van der Waals surface area contributed by atoms with Crippen LogP contribution in [0.4, 0.5) is 4.79 Å². The van der Waals surface area contributed by atoms with Gasteiger partial charge in [-0.25, -0.2) is 9.59 Å². The summed E-state index contributed by atoms with van der Waals surface area (Å²) in [4.78, 5) is 20.9. The Morgan fingerprint density at radius 2 is 2.18 bits per heavy atom. The van der Waals surface area contributed by atoms with Crippen molar-refractivity contribution < 1.29 is 19.1 Å². The fraction of sp³-hybridized carbons (Fsp3) is 0.600. The third-order valence-electron chi connectivity index (χ3n) is 0.850. The minimum atomic E-state index is -1.06. The Kier molecular flexibility index (Phi) is 4.64. The summed E-state index contributed by atoms with van der Waals surface area (Å²) in [5.41, 5.74) is 5.16. The summed E-state index contributed by atoms with van der Waals surface area (Å²) in [6.07, 6.45) is -1.06. The molecule has 0 unspecified atom stereocenters. The first-order valence-electron chi connectivity index (χ1n) is 2.78. The van der Waals surface area contributed by atoms with Gasteiger partial charge in [-0.15, -0.1) is 0 Å². The van der Waals surface area contributed by atoms with Crippen molar-refractivity contribution in [1.29, 1.82) is 0 Å². The lowest BCUT2D eigenvalue weighted by molar-refractivity contribution is -0.140. The van der Waals surface area contributed by atoms with Crippen molar-refractivity contribution in [2.45, 2.75) is 6.04 Å². The number of carbonyl (C=O) groups is 2. The monoisotopic (exact) mass is 179 g/mol. The highest BCUT2D eigenvalue weighted by Crippen LogP contribution is 1.90. The summed E-state index contributed by atoms with van der Waals surface area (Å²) < 4.78 is 8.13. The fourth-order valence-corrected chi connectivity index (χ4v) is 0.423. The van der Waals surface area contributed by atoms with Crippen LogP contribution in [0.25, 0.3) is 0 Å². The molecule has 64 valence electrons. The van der Waals surface area contributed by atoms with E-state index in [9.17, 15) is 9.59 Å². The lowest BCUT2D eigenvalue weighted by Crippen LogP contribution is -2.35. The van der Waals surface area contributed by atoms with Crippen molar-refractivity contribution in [2.24, 2.45) is 5.73 Å². The first-order valence-corrected chi connectivity index (χ1v) is 3.41. The molecule has 0 spiro atoms. The second-order valence-electron chi connectivity index (χ2n) is 1.66. The van der Waals surface area contributed by atoms with E-state index in [2.05, 4.69) is 22.1 Å². The molecule has 0 bridgehead atoms. The van der Waals surface area contributed by atoms with Crippen LogP contribution >= 0.6 is 12.6 Å². The van der Waals surface area contributed by atoms with Crippen molar-refractivity contribution in [3.63, 3.8) is 0 Å². The summed E-state index contributed by atoms with van der Waals surface area (Å²) in [6.45, 7) is 0. The number of hydrogen-bond acceptors (Lipinski definition) is 6. The molecule has 0 aliphatic rings. The van der Waals surface area contributed by atoms with Crippen LogP contribution in [-0.2, 0) is 14.3 Å². The van der Waals surface area contributed by atoms with E-state index in [-0.39, 0.29) is 5.75 Å². The van der Waals surface area contributed by atoms with Crippen LogP contribution in [0.3, 0.4) is 0 Å². The Morgan fingerprint density at radius 3 is 2.55 bits per heavy atom. The van der Waals surface area contributed by atoms with Crippen LogP contribution in [0, 0.1) is 0 Å². The zero-order chi connectivity index (χ0) is 8.85. The highest BCUT2D eigenvalue weighted by molar-refractivity contribution is 7.80. The van der Waals surface area contributed by atoms with E-state index in [4.69, 9.17) is 5.73 Å². The van der Waals surface area contributed by atoms with E-state index >= 15 is 0 Å². The van der Waals surface area contributed by atoms with Crippen molar-refractivity contribution in [3.8, 4) is 0 Å². The maximum atomic E-state index is 10.6. The van der Waals surface area contributed by atoms with Gasteiger partial charge in [0.2, 0.25) is 0 Å². The van der Waals surface area contributed by atoms with E-state index in [1.807, 2.05) is 0 Å². The van der Waals surface area contributed by atoms with Crippen molar-refractivity contribution in [2.75, 3.05) is 12.9 Å². The topological polar surface area (TPSA) is 78.6 Å².